The molecule has 0 aliphatic heterocycles. The second kappa shape index (κ2) is 11.0. The molecule has 5 unspecified atom stereocenters. The van der Waals surface area contributed by atoms with Crippen LogP contribution in [0.5, 0.6) is 0 Å². The van der Waals surface area contributed by atoms with Crippen LogP contribution in [0.1, 0.15) is 134 Å². The van der Waals surface area contributed by atoms with Gasteiger partial charge in [-0.25, -0.2) is 0 Å². The van der Waals surface area contributed by atoms with Crippen molar-refractivity contribution in [1.82, 2.24) is 0 Å². The molecule has 3 saturated carbocycles. The van der Waals surface area contributed by atoms with Gasteiger partial charge in [0.15, 0.2) is 0 Å². The van der Waals surface area contributed by atoms with Crippen LogP contribution in [0.15, 0.2) is 34.9 Å². The molecule has 5 rings (SSSR count). The number of hydrogen-bond donors (Lipinski definition) is 2. The molecule has 0 saturated heterocycles. The third-order valence-electron chi connectivity index (χ3n) is 15.1. The van der Waals surface area contributed by atoms with Crippen molar-refractivity contribution in [3.05, 3.63) is 34.9 Å². The minimum Gasteiger partial charge on any atom is -0.371 e. The number of fused-ring (bicyclic) bond motifs is 3. The summed E-state index contributed by atoms with van der Waals surface area (Å²) >= 11 is 5.90. The number of nitrogens with two attached hydrogens (primary N) is 1. The van der Waals surface area contributed by atoms with Crippen LogP contribution in [-0.2, 0) is 4.74 Å². The Balaban J connectivity index is 1.52. The monoisotopic (exact) mass is 609 g/mol. The summed E-state index contributed by atoms with van der Waals surface area (Å²) in [6, 6.07) is 0. The van der Waals surface area contributed by atoms with Crippen LogP contribution in [0, 0.1) is 57.2 Å². The third kappa shape index (κ3) is 4.85. The molecule has 0 aromatic heterocycles. The van der Waals surface area contributed by atoms with E-state index in [1.165, 1.54) is 56.1 Å². The standard InChI is InChI=1S/C40H67NOS/c1-25(2)29(9)38-17-13-18-39(23-38)19-16-32-31(36(39,11)20-21-38)14-15-33(40(32,43)28(7)8)35(10)22-30(26(3)4)34(35)42-24-37(12,41)27(5)6/h13,16,18,25,27-29,31,33-34,43H,14-15,17,19-24,41H2,1-12H3/t29-,31?,33?,34?,35+,36?,37+,38+,39+,40?/m1/s1. The maximum Gasteiger partial charge on any atom is 0.0848 e. The first kappa shape index (κ1) is 33.8. The van der Waals surface area contributed by atoms with E-state index in [-0.39, 0.29) is 21.8 Å². The number of thiol groups is 1. The van der Waals surface area contributed by atoms with E-state index >= 15 is 0 Å². The summed E-state index contributed by atoms with van der Waals surface area (Å²) in [7, 11) is 0. The van der Waals surface area contributed by atoms with Gasteiger partial charge in [0.1, 0.15) is 0 Å². The Morgan fingerprint density at radius 2 is 1.72 bits per heavy atom. The highest BCUT2D eigenvalue weighted by Crippen LogP contribution is 2.74. The SMILES string of the molecule is CC(C)=C1C[C@@](C)(C2CCC3C(=CC[C@]45C=CC[C@]([C@H](C)C(C)C)(CCC34C)C5)C2(S)C(C)C)C1OC[C@](C)(N)C(C)C. The Hall–Kier alpha value is -0.510. The second-order valence-corrected chi connectivity index (χ2v) is 19.1. The maximum atomic E-state index is 6.92. The van der Waals surface area contributed by atoms with E-state index < -0.39 is 0 Å². The predicted octanol–water partition coefficient (Wildman–Crippen LogP) is 10.6. The van der Waals surface area contributed by atoms with Crippen molar-refractivity contribution in [2.45, 2.75) is 151 Å². The summed E-state index contributed by atoms with van der Waals surface area (Å²) in [6.45, 7) is 29.3. The molecular formula is C40H67NOS. The molecule has 0 heterocycles. The van der Waals surface area contributed by atoms with Crippen LogP contribution < -0.4 is 5.73 Å². The molecule has 43 heavy (non-hydrogen) atoms. The molecule has 5 aliphatic carbocycles. The van der Waals surface area contributed by atoms with Gasteiger partial charge in [-0.2, -0.15) is 12.6 Å². The second-order valence-electron chi connectivity index (χ2n) is 18.3. The average Bonchev–Trinajstić information content (AvgIpc) is 2.91. The number of allylic oxidation sites excluding steroid dienone is 4. The number of ether oxygens (including phenoxy) is 1. The van der Waals surface area contributed by atoms with E-state index in [4.69, 9.17) is 23.1 Å². The zero-order valence-corrected chi connectivity index (χ0v) is 31.0. The first-order chi connectivity index (χ1) is 19.8. The van der Waals surface area contributed by atoms with Crippen molar-refractivity contribution in [2.24, 2.45) is 62.9 Å². The molecule has 244 valence electrons. The summed E-state index contributed by atoms with van der Waals surface area (Å²) in [6.07, 6.45) is 18.4. The molecule has 0 radical (unpaired) electrons. The molecule has 0 amide bonds. The lowest BCUT2D eigenvalue weighted by atomic mass is 9.37. The van der Waals surface area contributed by atoms with E-state index in [0.29, 0.717) is 46.5 Å². The molecule has 5 aliphatic rings. The number of hydrogen-bond acceptors (Lipinski definition) is 3. The van der Waals surface area contributed by atoms with Gasteiger partial charge in [-0.05, 0) is 129 Å². The van der Waals surface area contributed by atoms with E-state index in [1.54, 1.807) is 5.57 Å². The van der Waals surface area contributed by atoms with E-state index in [9.17, 15) is 0 Å². The topological polar surface area (TPSA) is 35.2 Å². The van der Waals surface area contributed by atoms with E-state index in [0.717, 1.165) is 18.3 Å². The Bertz CT molecular complexity index is 1170. The highest BCUT2D eigenvalue weighted by atomic mass is 32.1. The van der Waals surface area contributed by atoms with Gasteiger partial charge in [-0.15, -0.1) is 0 Å². The van der Waals surface area contributed by atoms with Gasteiger partial charge in [-0.3, -0.25) is 0 Å². The van der Waals surface area contributed by atoms with Gasteiger partial charge in [0.05, 0.1) is 12.7 Å². The lowest BCUT2D eigenvalue weighted by Gasteiger charge is -2.69. The van der Waals surface area contributed by atoms with Gasteiger partial charge in [0.2, 0.25) is 0 Å². The van der Waals surface area contributed by atoms with Crippen LogP contribution in [-0.4, -0.2) is 23.0 Å². The van der Waals surface area contributed by atoms with Crippen molar-refractivity contribution < 1.29 is 4.74 Å². The van der Waals surface area contributed by atoms with Crippen LogP contribution in [0.4, 0.5) is 0 Å². The summed E-state index contributed by atoms with van der Waals surface area (Å²) in [5.74, 6) is 3.44. The smallest absolute Gasteiger partial charge is 0.0848 e. The molecule has 10 atom stereocenters. The molecule has 0 aromatic carbocycles. The fourth-order valence-electron chi connectivity index (χ4n) is 11.1. The fourth-order valence-corrected chi connectivity index (χ4v) is 11.8. The molecule has 0 aromatic rings. The molecule has 3 heteroatoms. The highest BCUT2D eigenvalue weighted by molar-refractivity contribution is 7.82. The Kier molecular flexibility index (Phi) is 8.69. The molecule has 1 spiro atoms. The predicted molar refractivity (Wildman–Crippen MR) is 188 cm³/mol. The normalized spacial score (nSPS) is 44.4. The number of rotatable bonds is 8. The first-order valence-corrected chi connectivity index (χ1v) is 18.4. The fraction of sp³-hybridized carbons (Fsp3) is 0.850. The molecule has 3 fully saturated rings. The Morgan fingerprint density at radius 1 is 1.05 bits per heavy atom. The van der Waals surface area contributed by atoms with Crippen molar-refractivity contribution >= 4 is 12.6 Å². The van der Waals surface area contributed by atoms with E-state index in [1.807, 2.05) is 0 Å². The van der Waals surface area contributed by atoms with Crippen LogP contribution >= 0.6 is 12.6 Å². The quantitative estimate of drug-likeness (QED) is 0.212. The highest BCUT2D eigenvalue weighted by Gasteiger charge is 2.67. The minimum atomic E-state index is -0.331. The molecular weight excluding hydrogens is 543 g/mol. The van der Waals surface area contributed by atoms with Crippen LogP contribution in [0.3, 0.4) is 0 Å². The van der Waals surface area contributed by atoms with Crippen molar-refractivity contribution in [3.63, 3.8) is 0 Å². The summed E-state index contributed by atoms with van der Waals surface area (Å²) in [5.41, 5.74) is 12.2. The summed E-state index contributed by atoms with van der Waals surface area (Å²) in [5, 5.41) is 0. The van der Waals surface area contributed by atoms with Crippen molar-refractivity contribution in [2.75, 3.05) is 6.61 Å². The lowest BCUT2D eigenvalue weighted by Crippen LogP contribution is -2.65. The first-order valence-electron chi connectivity index (χ1n) is 18.0. The summed E-state index contributed by atoms with van der Waals surface area (Å²) < 4.78 is 6.80. The minimum absolute atomic E-state index is 0.0622. The van der Waals surface area contributed by atoms with Gasteiger partial charge >= 0.3 is 0 Å². The zero-order valence-electron chi connectivity index (χ0n) is 30.1. The van der Waals surface area contributed by atoms with E-state index in [2.05, 4.69) is 101 Å². The molecule has 2 nitrogen and oxygen atoms in total. The van der Waals surface area contributed by atoms with Crippen molar-refractivity contribution in [3.8, 4) is 0 Å². The average molecular weight is 610 g/mol. The largest absolute Gasteiger partial charge is 0.371 e. The van der Waals surface area contributed by atoms with Gasteiger partial charge in [0.25, 0.3) is 0 Å². The lowest BCUT2D eigenvalue weighted by molar-refractivity contribution is -0.134. The van der Waals surface area contributed by atoms with Gasteiger partial charge in [0, 0.05) is 15.7 Å². The van der Waals surface area contributed by atoms with Gasteiger partial charge < -0.3 is 10.5 Å². The van der Waals surface area contributed by atoms with Crippen molar-refractivity contribution in [1.29, 1.82) is 0 Å². The van der Waals surface area contributed by atoms with Crippen LogP contribution in [0.2, 0.25) is 0 Å². The maximum absolute atomic E-state index is 6.92. The van der Waals surface area contributed by atoms with Gasteiger partial charge in [-0.1, -0.05) is 91.7 Å². The summed E-state index contributed by atoms with van der Waals surface area (Å²) in [4.78, 5) is 0. The Morgan fingerprint density at radius 3 is 2.30 bits per heavy atom. The Labute approximate surface area is 271 Å². The zero-order chi connectivity index (χ0) is 32.0. The molecule has 2 bridgehead atoms. The van der Waals surface area contributed by atoms with Crippen LogP contribution in [0.25, 0.3) is 0 Å². The third-order valence-corrected chi connectivity index (χ3v) is 16.2. The molecule has 2 N–H and O–H groups in total.